The van der Waals surface area contributed by atoms with Crippen LogP contribution in [-0.4, -0.2) is 56.7 Å². The van der Waals surface area contributed by atoms with Crippen LogP contribution in [0.2, 0.25) is 4.34 Å². The predicted molar refractivity (Wildman–Crippen MR) is 117 cm³/mol. The van der Waals surface area contributed by atoms with E-state index in [9.17, 15) is 4.79 Å². The van der Waals surface area contributed by atoms with Crippen LogP contribution in [0.3, 0.4) is 0 Å². The Morgan fingerprint density at radius 3 is 2.57 bits per heavy atom. The summed E-state index contributed by atoms with van der Waals surface area (Å²) in [4.78, 5) is 22.9. The van der Waals surface area contributed by atoms with Gasteiger partial charge < -0.3 is 14.6 Å². The number of likely N-dealkylation sites (N-methyl/N-ethyl adjacent to an activating group) is 2. The molecule has 0 fully saturated rings. The minimum Gasteiger partial charge on any atom is -0.392 e. The number of Topliss-reactive ketones (excluding diaryl/α,β-unsaturated/α-hetero) is 1. The first-order valence-electron chi connectivity index (χ1n) is 9.40. The molecule has 1 unspecified atom stereocenters. The van der Waals surface area contributed by atoms with Gasteiger partial charge in [0.05, 0.1) is 14.9 Å². The molecular weight excluding hydrogens is 394 g/mol. The van der Waals surface area contributed by atoms with E-state index in [0.29, 0.717) is 22.1 Å². The first-order valence-corrected chi connectivity index (χ1v) is 10.6. The van der Waals surface area contributed by atoms with E-state index in [-0.39, 0.29) is 11.9 Å². The van der Waals surface area contributed by atoms with Crippen molar-refractivity contribution in [3.8, 4) is 0 Å². The van der Waals surface area contributed by atoms with Gasteiger partial charge in [-0.05, 0) is 50.3 Å². The number of rotatable bonds is 9. The van der Waals surface area contributed by atoms with Gasteiger partial charge in [0, 0.05) is 38.7 Å². The summed E-state index contributed by atoms with van der Waals surface area (Å²) in [5, 5.41) is 4.24. The highest BCUT2D eigenvalue weighted by Gasteiger charge is 2.23. The lowest BCUT2D eigenvalue weighted by Gasteiger charge is -2.21. The number of nitrogens with zero attached hydrogens (tertiary/aromatic N) is 3. The average Bonchev–Trinajstić information content (AvgIpc) is 3.33. The molecule has 0 bridgehead atoms. The zero-order valence-corrected chi connectivity index (χ0v) is 18.1. The van der Waals surface area contributed by atoms with Crippen LogP contribution in [0.25, 0.3) is 0 Å². The summed E-state index contributed by atoms with van der Waals surface area (Å²) in [6.07, 6.45) is 1.79. The zero-order chi connectivity index (χ0) is 20.1. The summed E-state index contributed by atoms with van der Waals surface area (Å²) in [7, 11) is 6.26. The summed E-state index contributed by atoms with van der Waals surface area (Å²) in [6, 6.07) is 11.9. The molecule has 28 heavy (non-hydrogen) atoms. The first-order chi connectivity index (χ1) is 13.4. The van der Waals surface area contributed by atoms with Crippen LogP contribution < -0.4 is 4.90 Å². The molecule has 7 heteroatoms. The summed E-state index contributed by atoms with van der Waals surface area (Å²) in [5.41, 5.74) is 3.20. The highest BCUT2D eigenvalue weighted by Crippen LogP contribution is 2.25. The predicted octanol–water partition coefficient (Wildman–Crippen LogP) is 4.56. The standard InChI is InChI=1S/C21H26ClN3O2S/c1-24(2)12-13-25(3)16-6-4-15(5-7-16)18-14-17(27-23-18)8-9-19(26)20-10-11-21(22)28-20/h4-7,10-11,17H,8-9,12-14H2,1-3H3. The summed E-state index contributed by atoms with van der Waals surface area (Å²) >= 11 is 7.22. The minimum absolute atomic E-state index is 0.0446. The molecule has 150 valence electrons. The second-order valence-electron chi connectivity index (χ2n) is 7.31. The van der Waals surface area contributed by atoms with Gasteiger partial charge in [0.25, 0.3) is 0 Å². The van der Waals surface area contributed by atoms with Gasteiger partial charge in [-0.15, -0.1) is 11.3 Å². The fourth-order valence-electron chi connectivity index (χ4n) is 3.02. The van der Waals surface area contributed by atoms with Crippen LogP contribution in [0, 0.1) is 0 Å². The van der Waals surface area contributed by atoms with Crippen molar-refractivity contribution in [2.24, 2.45) is 5.16 Å². The third-order valence-electron chi connectivity index (χ3n) is 4.80. The van der Waals surface area contributed by atoms with E-state index < -0.39 is 0 Å². The quantitative estimate of drug-likeness (QED) is 0.559. The molecule has 0 saturated heterocycles. The molecule has 3 rings (SSSR count). The van der Waals surface area contributed by atoms with Crippen molar-refractivity contribution in [3.63, 3.8) is 0 Å². The third-order valence-corrected chi connectivity index (χ3v) is 6.07. The number of ketones is 1. The van der Waals surface area contributed by atoms with Crippen molar-refractivity contribution in [2.45, 2.75) is 25.4 Å². The van der Waals surface area contributed by atoms with Crippen molar-refractivity contribution < 1.29 is 9.63 Å². The van der Waals surface area contributed by atoms with E-state index in [0.717, 1.165) is 30.8 Å². The molecule has 0 spiro atoms. The smallest absolute Gasteiger partial charge is 0.172 e. The van der Waals surface area contributed by atoms with E-state index >= 15 is 0 Å². The zero-order valence-electron chi connectivity index (χ0n) is 16.5. The molecule has 1 aromatic carbocycles. The minimum atomic E-state index is -0.0446. The van der Waals surface area contributed by atoms with Gasteiger partial charge in [-0.25, -0.2) is 0 Å². The summed E-state index contributed by atoms with van der Waals surface area (Å²) < 4.78 is 0.641. The van der Waals surface area contributed by atoms with Crippen molar-refractivity contribution in [3.05, 3.63) is 51.2 Å². The lowest BCUT2D eigenvalue weighted by molar-refractivity contribution is 0.0720. The average molecular weight is 420 g/mol. The van der Waals surface area contributed by atoms with Gasteiger partial charge >= 0.3 is 0 Å². The Balaban J connectivity index is 1.48. The molecule has 1 atom stereocenters. The van der Waals surface area contributed by atoms with Crippen LogP contribution in [0.5, 0.6) is 0 Å². The Morgan fingerprint density at radius 1 is 1.18 bits per heavy atom. The molecule has 1 aliphatic rings. The van der Waals surface area contributed by atoms with Crippen molar-refractivity contribution in [1.82, 2.24) is 4.90 Å². The highest BCUT2D eigenvalue weighted by molar-refractivity contribution is 7.18. The fourth-order valence-corrected chi connectivity index (χ4v) is 4.03. The third kappa shape index (κ3) is 5.56. The van der Waals surface area contributed by atoms with E-state index in [1.807, 2.05) is 0 Å². The number of carbonyl (C=O) groups is 1. The van der Waals surface area contributed by atoms with Gasteiger partial charge in [0.1, 0.15) is 6.10 Å². The van der Waals surface area contributed by atoms with E-state index in [4.69, 9.17) is 16.4 Å². The summed E-state index contributed by atoms with van der Waals surface area (Å²) in [5.74, 6) is 0.110. The number of anilines is 1. The number of carbonyl (C=O) groups excluding carboxylic acids is 1. The Kier molecular flexibility index (Phi) is 7.10. The molecule has 0 amide bonds. The number of halogens is 1. The molecule has 1 aromatic heterocycles. The molecule has 0 aliphatic carbocycles. The Hall–Kier alpha value is -1.89. The molecule has 2 heterocycles. The number of benzene rings is 1. The van der Waals surface area contributed by atoms with Crippen molar-refractivity contribution >= 4 is 40.1 Å². The maximum absolute atomic E-state index is 12.2. The van der Waals surface area contributed by atoms with Crippen molar-refractivity contribution in [2.75, 3.05) is 39.1 Å². The highest BCUT2D eigenvalue weighted by atomic mass is 35.5. The monoisotopic (exact) mass is 419 g/mol. The van der Waals surface area contributed by atoms with Gasteiger partial charge in [-0.1, -0.05) is 28.9 Å². The molecule has 5 nitrogen and oxygen atoms in total. The second kappa shape index (κ2) is 9.54. The molecule has 0 radical (unpaired) electrons. The SMILES string of the molecule is CN(C)CCN(C)c1ccc(C2=NOC(CCC(=O)c3ccc(Cl)s3)C2)cc1. The van der Waals surface area contributed by atoms with Gasteiger partial charge in [-0.3, -0.25) is 4.79 Å². The largest absolute Gasteiger partial charge is 0.392 e. The fraction of sp³-hybridized carbons (Fsp3) is 0.429. The molecule has 0 N–H and O–H groups in total. The normalized spacial score (nSPS) is 16.2. The number of hydrogen-bond acceptors (Lipinski definition) is 6. The van der Waals surface area contributed by atoms with Crippen molar-refractivity contribution in [1.29, 1.82) is 0 Å². The first kappa shape index (κ1) is 20.8. The molecular formula is C21H26ClN3O2S. The maximum Gasteiger partial charge on any atom is 0.172 e. The molecule has 0 saturated carbocycles. The Labute approximate surface area is 175 Å². The lowest BCUT2D eigenvalue weighted by Crippen LogP contribution is -2.28. The number of hydrogen-bond donors (Lipinski definition) is 0. The number of thiophene rings is 1. The van der Waals surface area contributed by atoms with Gasteiger partial charge in [-0.2, -0.15) is 0 Å². The second-order valence-corrected chi connectivity index (χ2v) is 9.02. The lowest BCUT2D eigenvalue weighted by atomic mass is 10.0. The van der Waals surface area contributed by atoms with E-state index in [1.165, 1.54) is 17.0 Å². The Morgan fingerprint density at radius 2 is 1.93 bits per heavy atom. The van der Waals surface area contributed by atoms with Gasteiger partial charge in [0.15, 0.2) is 5.78 Å². The van der Waals surface area contributed by atoms with Crippen LogP contribution in [0.1, 0.15) is 34.5 Å². The van der Waals surface area contributed by atoms with Crippen LogP contribution >= 0.6 is 22.9 Å². The van der Waals surface area contributed by atoms with E-state index in [2.05, 4.69) is 60.4 Å². The summed E-state index contributed by atoms with van der Waals surface area (Å²) in [6.45, 7) is 1.98. The number of oxime groups is 1. The van der Waals surface area contributed by atoms with Crippen LogP contribution in [0.4, 0.5) is 5.69 Å². The molecule has 1 aliphatic heterocycles. The topological polar surface area (TPSA) is 45.1 Å². The molecule has 2 aromatic rings. The van der Waals surface area contributed by atoms with Crippen LogP contribution in [0.15, 0.2) is 41.6 Å². The van der Waals surface area contributed by atoms with Crippen LogP contribution in [-0.2, 0) is 4.84 Å². The Bertz CT molecular complexity index is 832. The maximum atomic E-state index is 12.2. The van der Waals surface area contributed by atoms with E-state index in [1.54, 1.807) is 12.1 Å². The van der Waals surface area contributed by atoms with Gasteiger partial charge in [0.2, 0.25) is 0 Å².